The van der Waals surface area contributed by atoms with Gasteiger partial charge in [0.05, 0.1) is 5.56 Å². The third kappa shape index (κ3) is 5.31. The van der Waals surface area contributed by atoms with Gasteiger partial charge >= 0.3 is 6.36 Å². The van der Waals surface area contributed by atoms with Crippen LogP contribution in [0.2, 0.25) is 0 Å². The average molecular weight is 419 g/mol. The summed E-state index contributed by atoms with van der Waals surface area (Å²) in [6, 6.07) is 13.7. The molecule has 2 unspecified atom stereocenters. The number of benzene rings is 2. The number of rotatable bonds is 4. The summed E-state index contributed by atoms with van der Waals surface area (Å²) >= 11 is 0. The summed E-state index contributed by atoms with van der Waals surface area (Å²) in [6.07, 6.45) is -3.68. The summed E-state index contributed by atoms with van der Waals surface area (Å²) in [7, 11) is 0. The van der Waals surface area contributed by atoms with E-state index in [1.807, 2.05) is 32.0 Å². The molecule has 0 radical (unpaired) electrons. The Bertz CT molecular complexity index is 943. The molecule has 2 N–H and O–H groups in total. The van der Waals surface area contributed by atoms with E-state index in [1.165, 1.54) is 18.2 Å². The number of nitrogens with two attached hydrogens (primary N) is 1. The van der Waals surface area contributed by atoms with Gasteiger partial charge in [-0.3, -0.25) is 4.79 Å². The fourth-order valence-electron chi connectivity index (χ4n) is 3.75. The number of amidine groups is 1. The molecule has 2 aromatic carbocycles. The van der Waals surface area contributed by atoms with Crippen LogP contribution in [0.15, 0.2) is 53.5 Å². The van der Waals surface area contributed by atoms with Crippen LogP contribution >= 0.6 is 0 Å². The van der Waals surface area contributed by atoms with E-state index in [0.29, 0.717) is 19.4 Å². The first kappa shape index (κ1) is 21.7. The molecule has 0 saturated carbocycles. The number of aliphatic imine (C=N–C) groups is 1. The van der Waals surface area contributed by atoms with Crippen LogP contribution in [-0.2, 0) is 4.79 Å². The minimum Gasteiger partial charge on any atom is -0.405 e. The van der Waals surface area contributed by atoms with Crippen molar-refractivity contribution in [3.63, 3.8) is 0 Å². The number of nitrogens with zero attached hydrogens (tertiary/aromatic N) is 2. The van der Waals surface area contributed by atoms with E-state index in [0.717, 1.165) is 17.3 Å². The van der Waals surface area contributed by atoms with Crippen molar-refractivity contribution >= 4 is 17.4 Å². The molecule has 0 aromatic heterocycles. The van der Waals surface area contributed by atoms with E-state index in [4.69, 9.17) is 5.73 Å². The molecule has 8 heteroatoms. The fourth-order valence-corrected chi connectivity index (χ4v) is 3.75. The zero-order chi connectivity index (χ0) is 21.9. The molecular formula is C22H24F3N3O2. The molecule has 0 aliphatic carbocycles. The topological polar surface area (TPSA) is 67.9 Å². The first-order valence-corrected chi connectivity index (χ1v) is 9.70. The molecule has 1 aliphatic rings. The van der Waals surface area contributed by atoms with Gasteiger partial charge in [-0.2, -0.15) is 4.99 Å². The minimum atomic E-state index is -4.86. The Morgan fingerprint density at radius 3 is 2.60 bits per heavy atom. The quantitative estimate of drug-likeness (QED) is 0.588. The second-order valence-corrected chi connectivity index (χ2v) is 7.48. The number of aryl methyl sites for hydroxylation is 1. The lowest BCUT2D eigenvalue weighted by atomic mass is 9.90. The normalized spacial score (nSPS) is 20.2. The summed E-state index contributed by atoms with van der Waals surface area (Å²) < 4.78 is 41.8. The van der Waals surface area contributed by atoms with E-state index >= 15 is 0 Å². The van der Waals surface area contributed by atoms with Crippen LogP contribution in [0.5, 0.6) is 5.75 Å². The number of hydrogen-bond donors (Lipinski definition) is 1. The van der Waals surface area contributed by atoms with Crippen LogP contribution in [0.3, 0.4) is 0 Å². The first-order valence-electron chi connectivity index (χ1n) is 9.70. The lowest BCUT2D eigenvalue weighted by Crippen LogP contribution is -2.42. The second kappa shape index (κ2) is 8.77. The van der Waals surface area contributed by atoms with E-state index in [2.05, 4.69) is 20.7 Å². The molecule has 0 bridgehead atoms. The number of piperidine rings is 1. The highest BCUT2D eigenvalue weighted by molar-refractivity contribution is 6.06. The Kier molecular flexibility index (Phi) is 6.34. The van der Waals surface area contributed by atoms with Crippen molar-refractivity contribution < 1.29 is 22.7 Å². The predicted molar refractivity (Wildman–Crippen MR) is 110 cm³/mol. The number of carbonyl (C=O) groups excluding carboxylic acids is 1. The van der Waals surface area contributed by atoms with Gasteiger partial charge in [-0.15, -0.1) is 13.2 Å². The maximum absolute atomic E-state index is 12.7. The Labute approximate surface area is 173 Å². The molecule has 160 valence electrons. The zero-order valence-corrected chi connectivity index (χ0v) is 16.8. The number of amides is 1. The van der Waals surface area contributed by atoms with Gasteiger partial charge in [0.2, 0.25) is 0 Å². The van der Waals surface area contributed by atoms with Crippen LogP contribution in [-0.4, -0.2) is 30.7 Å². The van der Waals surface area contributed by atoms with E-state index in [1.54, 1.807) is 0 Å². The van der Waals surface area contributed by atoms with Gasteiger partial charge < -0.3 is 15.4 Å². The Balaban J connectivity index is 1.72. The SMILES string of the molecule is Cc1cccc(N2CCC(C(=O)N=C(N)c3ccccc3OC(F)(F)F)CC2C)c1. The van der Waals surface area contributed by atoms with Crippen molar-refractivity contribution in [1.82, 2.24) is 0 Å². The van der Waals surface area contributed by atoms with Gasteiger partial charge in [0, 0.05) is 24.2 Å². The summed E-state index contributed by atoms with van der Waals surface area (Å²) in [5.74, 6) is -1.53. The Hall–Kier alpha value is -3.03. The number of carbonyl (C=O) groups is 1. The van der Waals surface area contributed by atoms with Crippen LogP contribution in [0.25, 0.3) is 0 Å². The maximum Gasteiger partial charge on any atom is 0.573 e. The smallest absolute Gasteiger partial charge is 0.405 e. The summed E-state index contributed by atoms with van der Waals surface area (Å²) in [5, 5.41) is 0. The highest BCUT2D eigenvalue weighted by atomic mass is 19.4. The molecule has 1 heterocycles. The van der Waals surface area contributed by atoms with E-state index < -0.39 is 18.0 Å². The monoisotopic (exact) mass is 419 g/mol. The summed E-state index contributed by atoms with van der Waals surface area (Å²) in [6.45, 7) is 4.76. The van der Waals surface area contributed by atoms with Gasteiger partial charge in [-0.05, 0) is 56.5 Å². The van der Waals surface area contributed by atoms with Crippen LogP contribution in [0.1, 0.15) is 30.9 Å². The molecule has 3 rings (SSSR count). The van der Waals surface area contributed by atoms with Gasteiger partial charge in [0.15, 0.2) is 0 Å². The molecule has 2 aromatic rings. The standard InChI is InChI=1S/C22H24F3N3O2/c1-14-6-5-7-17(12-14)28-11-10-16(13-15(28)2)21(29)27-20(26)18-8-3-4-9-19(18)30-22(23,24)25/h3-9,12,15-16H,10-11,13H2,1-2H3,(H2,26,27,29). The molecule has 1 fully saturated rings. The van der Waals surface area contributed by atoms with Gasteiger partial charge in [-0.1, -0.05) is 24.3 Å². The number of ether oxygens (including phenoxy) is 1. The molecule has 2 atom stereocenters. The van der Waals surface area contributed by atoms with Crippen LogP contribution in [0.4, 0.5) is 18.9 Å². The highest BCUT2D eigenvalue weighted by Gasteiger charge is 2.33. The number of hydrogen-bond acceptors (Lipinski definition) is 3. The lowest BCUT2D eigenvalue weighted by molar-refractivity contribution is -0.274. The molecule has 0 spiro atoms. The van der Waals surface area contributed by atoms with E-state index in [9.17, 15) is 18.0 Å². The summed E-state index contributed by atoms with van der Waals surface area (Å²) in [4.78, 5) is 18.8. The van der Waals surface area contributed by atoms with Crippen LogP contribution in [0, 0.1) is 12.8 Å². The molecule has 30 heavy (non-hydrogen) atoms. The lowest BCUT2D eigenvalue weighted by Gasteiger charge is -2.38. The molecule has 1 amide bonds. The average Bonchev–Trinajstić information content (AvgIpc) is 2.67. The van der Waals surface area contributed by atoms with E-state index in [-0.39, 0.29) is 23.4 Å². The number of halogens is 3. The van der Waals surface area contributed by atoms with Crippen molar-refractivity contribution in [2.45, 2.75) is 39.1 Å². The molecule has 1 saturated heterocycles. The fraction of sp³-hybridized carbons (Fsp3) is 0.364. The van der Waals surface area contributed by atoms with Crippen molar-refractivity contribution in [2.75, 3.05) is 11.4 Å². The number of alkyl halides is 3. The Morgan fingerprint density at radius 2 is 1.93 bits per heavy atom. The number of para-hydroxylation sites is 1. The van der Waals surface area contributed by atoms with Crippen molar-refractivity contribution in [2.24, 2.45) is 16.6 Å². The first-order chi connectivity index (χ1) is 14.1. The van der Waals surface area contributed by atoms with Gasteiger partial charge in [0.1, 0.15) is 11.6 Å². The van der Waals surface area contributed by atoms with Crippen molar-refractivity contribution in [3.8, 4) is 5.75 Å². The predicted octanol–water partition coefficient (Wildman–Crippen LogP) is 4.43. The molecule has 1 aliphatic heterocycles. The third-order valence-corrected chi connectivity index (χ3v) is 5.18. The molecule has 5 nitrogen and oxygen atoms in total. The number of anilines is 1. The van der Waals surface area contributed by atoms with Gasteiger partial charge in [-0.25, -0.2) is 0 Å². The third-order valence-electron chi connectivity index (χ3n) is 5.18. The van der Waals surface area contributed by atoms with Gasteiger partial charge in [0.25, 0.3) is 5.91 Å². The second-order valence-electron chi connectivity index (χ2n) is 7.48. The minimum absolute atomic E-state index is 0.0616. The van der Waals surface area contributed by atoms with Crippen LogP contribution < -0.4 is 15.4 Å². The summed E-state index contributed by atoms with van der Waals surface area (Å²) in [5.41, 5.74) is 8.07. The zero-order valence-electron chi connectivity index (χ0n) is 16.8. The molecular weight excluding hydrogens is 395 g/mol. The largest absolute Gasteiger partial charge is 0.573 e. The van der Waals surface area contributed by atoms with Crippen molar-refractivity contribution in [1.29, 1.82) is 0 Å². The Morgan fingerprint density at radius 1 is 1.20 bits per heavy atom. The maximum atomic E-state index is 12.7. The highest BCUT2D eigenvalue weighted by Crippen LogP contribution is 2.30. The van der Waals surface area contributed by atoms with Crippen molar-refractivity contribution in [3.05, 3.63) is 59.7 Å².